The van der Waals surface area contributed by atoms with E-state index < -0.39 is 0 Å². The van der Waals surface area contributed by atoms with Gasteiger partial charge < -0.3 is 5.32 Å². The number of amides is 1. The van der Waals surface area contributed by atoms with E-state index in [1.165, 1.54) is 16.6 Å². The van der Waals surface area contributed by atoms with Crippen LogP contribution in [0.1, 0.15) is 35.3 Å². The van der Waals surface area contributed by atoms with Gasteiger partial charge in [0, 0.05) is 16.4 Å². The number of nitrogens with one attached hydrogen (secondary N) is 1. The van der Waals surface area contributed by atoms with Crippen LogP contribution in [0.15, 0.2) is 28.2 Å². The van der Waals surface area contributed by atoms with E-state index in [1.807, 2.05) is 25.1 Å². The highest BCUT2D eigenvalue weighted by Crippen LogP contribution is 2.35. The highest BCUT2D eigenvalue weighted by Gasteiger charge is 2.23. The lowest BCUT2D eigenvalue weighted by Gasteiger charge is -2.14. The Kier molecular flexibility index (Phi) is 6.65. The van der Waals surface area contributed by atoms with Crippen molar-refractivity contribution in [2.24, 2.45) is 0 Å². The van der Waals surface area contributed by atoms with Crippen molar-refractivity contribution in [2.75, 3.05) is 12.3 Å². The number of fused-ring (bicyclic) bond motifs is 3. The first-order chi connectivity index (χ1) is 15.0. The van der Waals surface area contributed by atoms with Crippen LogP contribution in [-0.2, 0) is 17.6 Å². The number of hydrogen-bond acceptors (Lipinski definition) is 6. The Morgan fingerprint density at radius 1 is 1.39 bits per heavy atom. The molecule has 160 valence electrons. The van der Waals surface area contributed by atoms with Gasteiger partial charge in [-0.2, -0.15) is 5.26 Å². The maximum absolute atomic E-state index is 13.7. The van der Waals surface area contributed by atoms with Crippen LogP contribution in [0.2, 0.25) is 5.02 Å². The van der Waals surface area contributed by atoms with Crippen LogP contribution in [0.25, 0.3) is 15.9 Å². The van der Waals surface area contributed by atoms with Gasteiger partial charge in [-0.25, -0.2) is 4.98 Å². The zero-order valence-corrected chi connectivity index (χ0v) is 19.4. The number of halogens is 1. The predicted molar refractivity (Wildman–Crippen MR) is 126 cm³/mol. The summed E-state index contributed by atoms with van der Waals surface area (Å²) in [4.78, 5) is 32.6. The van der Waals surface area contributed by atoms with Crippen molar-refractivity contribution in [2.45, 2.75) is 44.2 Å². The summed E-state index contributed by atoms with van der Waals surface area (Å²) in [5.41, 5.74) is 2.57. The molecule has 0 bridgehead atoms. The van der Waals surface area contributed by atoms with E-state index in [0.29, 0.717) is 27.8 Å². The minimum absolute atomic E-state index is 0.105. The van der Waals surface area contributed by atoms with Crippen LogP contribution in [0.3, 0.4) is 0 Å². The normalized spacial score (nSPS) is 13.1. The van der Waals surface area contributed by atoms with Crippen LogP contribution < -0.4 is 10.9 Å². The Bertz CT molecular complexity index is 1260. The largest absolute Gasteiger partial charge is 0.354 e. The second-order valence-electron chi connectivity index (χ2n) is 7.41. The average Bonchev–Trinajstić information content (AvgIpc) is 3.13. The second-order valence-corrected chi connectivity index (χ2v) is 9.84. The van der Waals surface area contributed by atoms with E-state index in [9.17, 15) is 9.59 Å². The van der Waals surface area contributed by atoms with Crippen LogP contribution in [0.5, 0.6) is 0 Å². The van der Waals surface area contributed by atoms with E-state index in [4.69, 9.17) is 21.8 Å². The molecule has 0 saturated heterocycles. The first kappa shape index (κ1) is 21.9. The molecule has 31 heavy (non-hydrogen) atoms. The summed E-state index contributed by atoms with van der Waals surface area (Å²) in [7, 11) is 0. The Morgan fingerprint density at radius 2 is 2.19 bits per heavy atom. The zero-order chi connectivity index (χ0) is 22.0. The number of aromatic nitrogens is 2. The third-order valence-corrected chi connectivity index (χ3v) is 7.79. The van der Waals surface area contributed by atoms with Crippen LogP contribution in [0, 0.1) is 18.3 Å². The van der Waals surface area contributed by atoms with Crippen molar-refractivity contribution in [3.63, 3.8) is 0 Å². The molecule has 4 rings (SSSR count). The lowest BCUT2D eigenvalue weighted by Crippen LogP contribution is -2.27. The van der Waals surface area contributed by atoms with Crippen LogP contribution >= 0.6 is 34.7 Å². The highest BCUT2D eigenvalue weighted by molar-refractivity contribution is 7.99. The minimum Gasteiger partial charge on any atom is -0.354 e. The summed E-state index contributed by atoms with van der Waals surface area (Å²) in [6.45, 7) is 2.22. The highest BCUT2D eigenvalue weighted by atomic mass is 35.5. The third-order valence-electron chi connectivity index (χ3n) is 5.26. The lowest BCUT2D eigenvalue weighted by atomic mass is 9.97. The van der Waals surface area contributed by atoms with Gasteiger partial charge in [-0.3, -0.25) is 14.2 Å². The van der Waals surface area contributed by atoms with E-state index in [0.717, 1.165) is 41.6 Å². The van der Waals surface area contributed by atoms with Crippen LogP contribution in [-0.4, -0.2) is 27.8 Å². The number of nitriles is 1. The molecule has 0 atom stereocenters. The number of benzene rings is 1. The molecule has 0 spiro atoms. The number of thiophene rings is 1. The summed E-state index contributed by atoms with van der Waals surface area (Å²) in [5, 5.41) is 13.1. The molecule has 1 aliphatic rings. The van der Waals surface area contributed by atoms with Crippen molar-refractivity contribution in [1.29, 1.82) is 5.26 Å². The monoisotopic (exact) mass is 472 g/mol. The quantitative estimate of drug-likeness (QED) is 0.326. The molecule has 0 radical (unpaired) electrons. The zero-order valence-electron chi connectivity index (χ0n) is 17.0. The number of carbonyl (C=O) groups excluding carboxylic acids is 1. The fourth-order valence-electron chi connectivity index (χ4n) is 3.67. The molecule has 1 aliphatic carbocycles. The molecule has 0 unspecified atom stereocenters. The number of rotatable bonds is 6. The van der Waals surface area contributed by atoms with E-state index in [-0.39, 0.29) is 23.6 Å². The standard InChI is InChI=1S/C22H21ClN4O2S2/c1-13-7-8-14(11-16(13)23)27-21(29)19-15-5-2-3-6-17(15)31-20(19)26-22(27)30-12-18(28)25-10-4-9-24/h7-8,11H,2-6,10,12H2,1H3,(H,25,28). The number of aryl methyl sites for hydroxylation is 3. The topological polar surface area (TPSA) is 87.8 Å². The van der Waals surface area contributed by atoms with Crippen molar-refractivity contribution in [3.8, 4) is 11.8 Å². The summed E-state index contributed by atoms with van der Waals surface area (Å²) in [5.74, 6) is -0.0952. The van der Waals surface area contributed by atoms with Gasteiger partial charge in [-0.15, -0.1) is 11.3 Å². The molecule has 3 aromatic rings. The van der Waals surface area contributed by atoms with Crippen molar-refractivity contribution in [1.82, 2.24) is 14.9 Å². The maximum atomic E-state index is 13.7. The summed E-state index contributed by atoms with van der Waals surface area (Å²) in [6.07, 6.45) is 4.35. The lowest BCUT2D eigenvalue weighted by molar-refractivity contribution is -0.118. The smallest absolute Gasteiger partial charge is 0.267 e. The molecular formula is C22H21ClN4O2S2. The van der Waals surface area contributed by atoms with Gasteiger partial charge >= 0.3 is 0 Å². The summed E-state index contributed by atoms with van der Waals surface area (Å²) >= 11 is 9.15. The Balaban J connectivity index is 1.79. The third kappa shape index (κ3) is 4.49. The Hall–Kier alpha value is -2.34. The number of thioether (sulfide) groups is 1. The van der Waals surface area contributed by atoms with E-state index in [2.05, 4.69) is 5.32 Å². The van der Waals surface area contributed by atoms with Gasteiger partial charge in [0.25, 0.3) is 5.56 Å². The predicted octanol–water partition coefficient (Wildman–Crippen LogP) is 4.41. The number of hydrogen-bond donors (Lipinski definition) is 1. The summed E-state index contributed by atoms with van der Waals surface area (Å²) < 4.78 is 1.57. The average molecular weight is 473 g/mol. The second kappa shape index (κ2) is 9.43. The van der Waals surface area contributed by atoms with Gasteiger partial charge in [-0.05, 0) is 55.9 Å². The first-order valence-corrected chi connectivity index (χ1v) is 12.3. The Labute approximate surface area is 193 Å². The molecule has 0 saturated carbocycles. The molecule has 2 aromatic heterocycles. The number of nitrogens with zero attached hydrogens (tertiary/aromatic N) is 3. The molecule has 2 heterocycles. The molecule has 0 aliphatic heterocycles. The first-order valence-electron chi connectivity index (χ1n) is 10.1. The molecular weight excluding hydrogens is 452 g/mol. The SMILES string of the molecule is Cc1ccc(-n2c(SCC(=O)NCCC#N)nc3sc4c(c3c2=O)CCCC4)cc1Cl. The molecule has 6 nitrogen and oxygen atoms in total. The van der Waals surface area contributed by atoms with Gasteiger partial charge in [0.05, 0.1) is 29.3 Å². The maximum Gasteiger partial charge on any atom is 0.267 e. The van der Waals surface area contributed by atoms with Crippen molar-refractivity contribution < 1.29 is 4.79 Å². The van der Waals surface area contributed by atoms with Gasteiger partial charge in [0.2, 0.25) is 5.91 Å². The van der Waals surface area contributed by atoms with Gasteiger partial charge in [0.1, 0.15) is 4.83 Å². The van der Waals surface area contributed by atoms with Crippen molar-refractivity contribution in [3.05, 3.63) is 49.6 Å². The summed E-state index contributed by atoms with van der Waals surface area (Å²) in [6, 6.07) is 7.49. The fraction of sp³-hybridized carbons (Fsp3) is 0.364. The van der Waals surface area contributed by atoms with Crippen LogP contribution in [0.4, 0.5) is 0 Å². The Morgan fingerprint density at radius 3 is 2.97 bits per heavy atom. The molecule has 1 amide bonds. The van der Waals surface area contributed by atoms with Gasteiger partial charge in [-0.1, -0.05) is 29.4 Å². The molecule has 1 aromatic carbocycles. The molecule has 1 N–H and O–H groups in total. The molecule has 9 heteroatoms. The van der Waals surface area contributed by atoms with Crippen molar-refractivity contribution >= 4 is 50.8 Å². The number of carbonyl (C=O) groups is 1. The fourth-order valence-corrected chi connectivity index (χ4v) is 5.99. The van der Waals surface area contributed by atoms with E-state index >= 15 is 0 Å². The van der Waals surface area contributed by atoms with E-state index in [1.54, 1.807) is 22.0 Å². The minimum atomic E-state index is -0.200. The molecule has 0 fully saturated rings. The van der Waals surface area contributed by atoms with Gasteiger partial charge in [0.15, 0.2) is 5.16 Å².